The van der Waals surface area contributed by atoms with Crippen molar-refractivity contribution in [3.05, 3.63) is 17.5 Å². The smallest absolute Gasteiger partial charge is 0.171 e. The topological polar surface area (TPSA) is 50.3 Å². The quantitative estimate of drug-likeness (QED) is 0.879. The maximum atomic E-state index is 5.94. The average Bonchev–Trinajstić information content (AvgIpc) is 2.33. The number of hydrogen-bond donors (Lipinski definition) is 1. The van der Waals surface area contributed by atoms with Gasteiger partial charge in [0, 0.05) is 38.1 Å². The molecule has 0 saturated carbocycles. The number of hydrogen-bond acceptors (Lipinski definition) is 5. The second-order valence-electron chi connectivity index (χ2n) is 4.15. The molecular formula is C11H17ClN4O. The summed E-state index contributed by atoms with van der Waals surface area (Å²) in [4.78, 5) is 10.5. The molecule has 0 aliphatic carbocycles. The lowest BCUT2D eigenvalue weighted by atomic mass is 10.3. The summed E-state index contributed by atoms with van der Waals surface area (Å²) in [6.07, 6.45) is 3.22. The summed E-state index contributed by atoms with van der Waals surface area (Å²) >= 11 is 5.94. The fourth-order valence-corrected chi connectivity index (χ4v) is 2.03. The van der Waals surface area contributed by atoms with E-state index in [0.717, 1.165) is 32.8 Å². The number of rotatable bonds is 4. The van der Waals surface area contributed by atoms with Gasteiger partial charge in [-0.05, 0) is 6.92 Å². The fraction of sp³-hybridized carbons (Fsp3) is 0.636. The zero-order chi connectivity index (χ0) is 12.1. The fourth-order valence-electron chi connectivity index (χ4n) is 1.87. The highest BCUT2D eigenvalue weighted by Gasteiger charge is 2.14. The molecule has 0 aromatic carbocycles. The molecule has 1 aliphatic heterocycles. The van der Waals surface area contributed by atoms with Crippen molar-refractivity contribution in [2.24, 2.45) is 0 Å². The van der Waals surface area contributed by atoms with E-state index in [2.05, 4.69) is 27.1 Å². The van der Waals surface area contributed by atoms with Crippen molar-refractivity contribution in [2.75, 3.05) is 38.2 Å². The Labute approximate surface area is 106 Å². The van der Waals surface area contributed by atoms with Crippen LogP contribution in [0, 0.1) is 0 Å². The van der Waals surface area contributed by atoms with Gasteiger partial charge in [-0.3, -0.25) is 4.90 Å². The highest BCUT2D eigenvalue weighted by Crippen LogP contribution is 2.15. The van der Waals surface area contributed by atoms with E-state index in [-0.39, 0.29) is 6.04 Å². The molecule has 0 amide bonds. The summed E-state index contributed by atoms with van der Waals surface area (Å²) in [7, 11) is 0. The Bertz CT molecular complexity index is 357. The molecule has 1 fully saturated rings. The summed E-state index contributed by atoms with van der Waals surface area (Å²) in [6.45, 7) is 6.68. The van der Waals surface area contributed by atoms with Gasteiger partial charge in [-0.15, -0.1) is 0 Å². The van der Waals surface area contributed by atoms with E-state index in [0.29, 0.717) is 11.0 Å². The zero-order valence-electron chi connectivity index (χ0n) is 9.90. The second kappa shape index (κ2) is 6.14. The third-order valence-corrected chi connectivity index (χ3v) is 2.95. The lowest BCUT2D eigenvalue weighted by Gasteiger charge is -2.29. The summed E-state index contributed by atoms with van der Waals surface area (Å²) in [5.41, 5.74) is 0. The largest absolute Gasteiger partial charge is 0.379 e. The predicted molar refractivity (Wildman–Crippen MR) is 67.4 cm³/mol. The van der Waals surface area contributed by atoms with Crippen LogP contribution in [0.5, 0.6) is 0 Å². The standard InChI is InChI=1S/C11H17ClN4O/c1-9(8-16-4-6-17-7-5-16)15-11-10(12)13-2-3-14-11/h2-3,9H,4-8H2,1H3,(H,14,15). The molecule has 1 aliphatic rings. The van der Waals surface area contributed by atoms with E-state index in [1.807, 2.05) is 0 Å². The Morgan fingerprint density at radius 1 is 1.41 bits per heavy atom. The van der Waals surface area contributed by atoms with Gasteiger partial charge in [0.1, 0.15) is 0 Å². The van der Waals surface area contributed by atoms with Crippen molar-refractivity contribution in [1.29, 1.82) is 0 Å². The average molecular weight is 257 g/mol. The number of anilines is 1. The minimum Gasteiger partial charge on any atom is -0.379 e. The van der Waals surface area contributed by atoms with Crippen LogP contribution >= 0.6 is 11.6 Å². The zero-order valence-corrected chi connectivity index (χ0v) is 10.7. The molecule has 5 nitrogen and oxygen atoms in total. The highest BCUT2D eigenvalue weighted by atomic mass is 35.5. The SMILES string of the molecule is CC(CN1CCOCC1)Nc1nccnc1Cl. The highest BCUT2D eigenvalue weighted by molar-refractivity contribution is 6.31. The predicted octanol–water partition coefficient (Wildman–Crippen LogP) is 1.26. The number of nitrogens with one attached hydrogen (secondary N) is 1. The van der Waals surface area contributed by atoms with Gasteiger partial charge in [0.25, 0.3) is 0 Å². The minimum atomic E-state index is 0.280. The molecule has 1 saturated heterocycles. The van der Waals surface area contributed by atoms with Crippen LogP contribution in [0.1, 0.15) is 6.92 Å². The molecule has 1 unspecified atom stereocenters. The first kappa shape index (κ1) is 12.5. The molecular weight excluding hydrogens is 240 g/mol. The molecule has 1 atom stereocenters. The van der Waals surface area contributed by atoms with Crippen LogP contribution in [0.15, 0.2) is 12.4 Å². The lowest BCUT2D eigenvalue weighted by Crippen LogP contribution is -2.42. The van der Waals surface area contributed by atoms with Gasteiger partial charge < -0.3 is 10.1 Å². The van der Waals surface area contributed by atoms with Crippen LogP contribution in [0.25, 0.3) is 0 Å². The molecule has 0 spiro atoms. The molecule has 17 heavy (non-hydrogen) atoms. The Morgan fingerprint density at radius 2 is 2.12 bits per heavy atom. The van der Waals surface area contributed by atoms with Crippen LogP contribution in [0.4, 0.5) is 5.82 Å². The molecule has 1 N–H and O–H groups in total. The molecule has 6 heteroatoms. The van der Waals surface area contributed by atoms with Gasteiger partial charge in [-0.2, -0.15) is 0 Å². The van der Waals surface area contributed by atoms with Gasteiger partial charge in [0.05, 0.1) is 13.2 Å². The van der Waals surface area contributed by atoms with Crippen molar-refractivity contribution < 1.29 is 4.74 Å². The lowest BCUT2D eigenvalue weighted by molar-refractivity contribution is 0.0368. The van der Waals surface area contributed by atoms with Gasteiger partial charge in [0.2, 0.25) is 0 Å². The molecule has 94 valence electrons. The first-order chi connectivity index (χ1) is 8.25. The summed E-state index contributed by atoms with van der Waals surface area (Å²) < 4.78 is 5.31. The van der Waals surface area contributed by atoms with Crippen molar-refractivity contribution in [1.82, 2.24) is 14.9 Å². The van der Waals surface area contributed by atoms with Crippen LogP contribution in [-0.2, 0) is 4.74 Å². The van der Waals surface area contributed by atoms with E-state index in [9.17, 15) is 0 Å². The Balaban J connectivity index is 1.84. The Morgan fingerprint density at radius 3 is 2.82 bits per heavy atom. The second-order valence-corrected chi connectivity index (χ2v) is 4.51. The van der Waals surface area contributed by atoms with Crippen molar-refractivity contribution >= 4 is 17.4 Å². The van der Waals surface area contributed by atoms with E-state index < -0.39 is 0 Å². The van der Waals surface area contributed by atoms with Gasteiger partial charge in [0.15, 0.2) is 11.0 Å². The van der Waals surface area contributed by atoms with Gasteiger partial charge >= 0.3 is 0 Å². The van der Waals surface area contributed by atoms with Gasteiger partial charge in [-0.25, -0.2) is 9.97 Å². The first-order valence-corrected chi connectivity index (χ1v) is 6.16. The van der Waals surface area contributed by atoms with E-state index in [4.69, 9.17) is 16.3 Å². The molecule has 1 aromatic heterocycles. The normalized spacial score (nSPS) is 18.9. The van der Waals surface area contributed by atoms with Crippen LogP contribution in [0.2, 0.25) is 5.15 Å². The van der Waals surface area contributed by atoms with E-state index in [1.54, 1.807) is 12.4 Å². The minimum absolute atomic E-state index is 0.280. The van der Waals surface area contributed by atoms with Crippen molar-refractivity contribution in [3.63, 3.8) is 0 Å². The van der Waals surface area contributed by atoms with E-state index in [1.165, 1.54) is 0 Å². The molecule has 0 radical (unpaired) electrons. The van der Waals surface area contributed by atoms with Crippen molar-refractivity contribution in [3.8, 4) is 0 Å². The number of morpholine rings is 1. The van der Waals surface area contributed by atoms with Crippen LogP contribution < -0.4 is 5.32 Å². The first-order valence-electron chi connectivity index (χ1n) is 5.79. The number of aromatic nitrogens is 2. The maximum absolute atomic E-state index is 5.94. The molecule has 2 rings (SSSR count). The monoisotopic (exact) mass is 256 g/mol. The summed E-state index contributed by atoms with van der Waals surface area (Å²) in [5, 5.41) is 3.69. The third kappa shape index (κ3) is 3.80. The maximum Gasteiger partial charge on any atom is 0.171 e. The van der Waals surface area contributed by atoms with Crippen LogP contribution in [-0.4, -0.2) is 53.8 Å². The molecule has 0 bridgehead atoms. The van der Waals surface area contributed by atoms with E-state index >= 15 is 0 Å². The van der Waals surface area contributed by atoms with Crippen molar-refractivity contribution in [2.45, 2.75) is 13.0 Å². The molecule has 2 heterocycles. The number of halogens is 1. The number of ether oxygens (including phenoxy) is 1. The van der Waals surface area contributed by atoms with Crippen LogP contribution in [0.3, 0.4) is 0 Å². The van der Waals surface area contributed by atoms with Gasteiger partial charge in [-0.1, -0.05) is 11.6 Å². The number of nitrogens with zero attached hydrogens (tertiary/aromatic N) is 3. The summed E-state index contributed by atoms with van der Waals surface area (Å²) in [5.74, 6) is 0.648. The summed E-state index contributed by atoms with van der Waals surface area (Å²) in [6, 6.07) is 0.280. The Hall–Kier alpha value is -0.910. The third-order valence-electron chi connectivity index (χ3n) is 2.67. The Kier molecular flexibility index (Phi) is 4.53. The molecule has 1 aromatic rings.